The highest BCUT2D eigenvalue weighted by molar-refractivity contribution is 6.25. The monoisotopic (exact) mass is 411 g/mol. The maximum Gasteiger partial charge on any atom is 0.308 e. The minimum Gasteiger partial charge on any atom is -0.469 e. The molecule has 0 aromatic heterocycles. The molecule has 1 aliphatic rings. The predicted molar refractivity (Wildman–Crippen MR) is 110 cm³/mol. The van der Waals surface area contributed by atoms with Crippen molar-refractivity contribution < 1.29 is 28.7 Å². The van der Waals surface area contributed by atoms with Crippen LogP contribution >= 0.6 is 0 Å². The van der Waals surface area contributed by atoms with E-state index in [1.54, 1.807) is 31.2 Å². The Morgan fingerprint density at radius 1 is 1.00 bits per heavy atom. The van der Waals surface area contributed by atoms with Gasteiger partial charge in [0.15, 0.2) is 0 Å². The van der Waals surface area contributed by atoms with Crippen LogP contribution in [-0.4, -0.2) is 48.9 Å². The van der Waals surface area contributed by atoms with E-state index in [0.29, 0.717) is 29.4 Å². The Hall–Kier alpha value is -3.22. The molecule has 1 heterocycles. The first kappa shape index (κ1) is 21.5. The van der Waals surface area contributed by atoms with Gasteiger partial charge in [-0.3, -0.25) is 24.1 Å². The van der Waals surface area contributed by atoms with Crippen molar-refractivity contribution in [3.8, 4) is 0 Å². The quantitative estimate of drug-likeness (QED) is 0.489. The zero-order valence-corrected chi connectivity index (χ0v) is 17.3. The molecule has 158 valence electrons. The zero-order valence-electron chi connectivity index (χ0n) is 17.3. The molecule has 0 bridgehead atoms. The highest BCUT2D eigenvalue weighted by Crippen LogP contribution is 2.29. The van der Waals surface area contributed by atoms with Crippen molar-refractivity contribution in [3.05, 3.63) is 47.5 Å². The number of amides is 2. The molecule has 0 saturated carbocycles. The number of rotatable bonds is 8. The van der Waals surface area contributed by atoms with Crippen LogP contribution in [0.2, 0.25) is 0 Å². The van der Waals surface area contributed by atoms with Crippen LogP contribution in [-0.2, 0) is 19.1 Å². The number of ether oxygens (including phenoxy) is 2. The molecule has 2 aromatic carbocycles. The minimum atomic E-state index is -0.503. The highest BCUT2D eigenvalue weighted by Gasteiger charge is 2.32. The van der Waals surface area contributed by atoms with Crippen molar-refractivity contribution in [2.45, 2.75) is 26.7 Å². The molecular weight excluding hydrogens is 386 g/mol. The van der Waals surface area contributed by atoms with Crippen LogP contribution < -0.4 is 0 Å². The summed E-state index contributed by atoms with van der Waals surface area (Å²) in [6.45, 7) is 3.40. The average molecular weight is 411 g/mol. The SMILES string of the molecule is CCC(CC(C)C(=O)OCCN1C(=O)c2cccc3cccc(c23)C1=O)C(=O)OC. The Labute approximate surface area is 174 Å². The van der Waals surface area contributed by atoms with Gasteiger partial charge in [0, 0.05) is 16.5 Å². The van der Waals surface area contributed by atoms with Gasteiger partial charge in [0.2, 0.25) is 0 Å². The summed E-state index contributed by atoms with van der Waals surface area (Å²) in [4.78, 5) is 50.8. The number of carbonyl (C=O) groups is 4. The van der Waals surface area contributed by atoms with Gasteiger partial charge in [-0.1, -0.05) is 38.1 Å². The van der Waals surface area contributed by atoms with Gasteiger partial charge >= 0.3 is 11.9 Å². The Bertz CT molecular complexity index is 948. The summed E-state index contributed by atoms with van der Waals surface area (Å²) < 4.78 is 10.0. The van der Waals surface area contributed by atoms with E-state index in [1.807, 2.05) is 19.1 Å². The standard InChI is InChI=1S/C23H25NO6/c1-4-15(23(28)29-3)13-14(2)22(27)30-12-11-24-20(25)17-9-5-7-16-8-6-10-18(19(16)17)21(24)26/h5-10,14-15H,4,11-13H2,1-3H3. The molecule has 1 aliphatic heterocycles. The van der Waals surface area contributed by atoms with Crippen molar-refractivity contribution in [2.24, 2.45) is 11.8 Å². The average Bonchev–Trinajstić information content (AvgIpc) is 2.76. The number of benzene rings is 2. The van der Waals surface area contributed by atoms with Crippen LogP contribution in [0.5, 0.6) is 0 Å². The van der Waals surface area contributed by atoms with Gasteiger partial charge in [0.25, 0.3) is 11.8 Å². The van der Waals surface area contributed by atoms with Gasteiger partial charge in [-0.15, -0.1) is 0 Å². The zero-order chi connectivity index (χ0) is 21.8. The molecule has 0 aliphatic carbocycles. The summed E-state index contributed by atoms with van der Waals surface area (Å²) in [5.41, 5.74) is 0.928. The summed E-state index contributed by atoms with van der Waals surface area (Å²) in [5, 5.41) is 1.49. The third kappa shape index (κ3) is 4.06. The van der Waals surface area contributed by atoms with E-state index < -0.39 is 23.7 Å². The summed E-state index contributed by atoms with van der Waals surface area (Å²) >= 11 is 0. The van der Waals surface area contributed by atoms with Gasteiger partial charge in [-0.05, 0) is 30.4 Å². The Morgan fingerprint density at radius 2 is 1.60 bits per heavy atom. The van der Waals surface area contributed by atoms with E-state index in [4.69, 9.17) is 9.47 Å². The van der Waals surface area contributed by atoms with Crippen LogP contribution in [0, 0.1) is 11.8 Å². The number of esters is 2. The maximum atomic E-state index is 12.8. The Balaban J connectivity index is 1.63. The lowest BCUT2D eigenvalue weighted by molar-refractivity contribution is -0.151. The molecule has 0 saturated heterocycles. The smallest absolute Gasteiger partial charge is 0.308 e. The van der Waals surface area contributed by atoms with E-state index in [2.05, 4.69) is 0 Å². The molecule has 0 fully saturated rings. The van der Waals surface area contributed by atoms with Crippen LogP contribution in [0.15, 0.2) is 36.4 Å². The van der Waals surface area contributed by atoms with Crippen molar-refractivity contribution in [2.75, 3.05) is 20.3 Å². The van der Waals surface area contributed by atoms with Gasteiger partial charge in [0.1, 0.15) is 6.61 Å². The number of carbonyl (C=O) groups excluding carboxylic acids is 4. The molecule has 7 heteroatoms. The third-order valence-corrected chi connectivity index (χ3v) is 5.48. The summed E-state index contributed by atoms with van der Waals surface area (Å²) in [6.07, 6.45) is 0.880. The number of nitrogens with zero attached hydrogens (tertiary/aromatic N) is 1. The molecule has 0 N–H and O–H groups in total. The van der Waals surface area contributed by atoms with E-state index in [1.165, 1.54) is 7.11 Å². The van der Waals surface area contributed by atoms with Gasteiger partial charge in [0.05, 0.1) is 25.5 Å². The van der Waals surface area contributed by atoms with Crippen molar-refractivity contribution in [1.29, 1.82) is 0 Å². The molecule has 3 rings (SSSR count). The van der Waals surface area contributed by atoms with Gasteiger partial charge in [-0.2, -0.15) is 0 Å². The largest absolute Gasteiger partial charge is 0.469 e. The van der Waals surface area contributed by atoms with Crippen LogP contribution in [0.25, 0.3) is 10.8 Å². The lowest BCUT2D eigenvalue weighted by Gasteiger charge is -2.27. The van der Waals surface area contributed by atoms with Crippen molar-refractivity contribution in [3.63, 3.8) is 0 Å². The lowest BCUT2D eigenvalue weighted by atomic mass is 9.94. The first-order chi connectivity index (χ1) is 14.4. The van der Waals surface area contributed by atoms with E-state index in [-0.39, 0.29) is 25.0 Å². The highest BCUT2D eigenvalue weighted by atomic mass is 16.5. The Morgan fingerprint density at radius 3 is 2.13 bits per heavy atom. The molecular formula is C23H25NO6. The van der Waals surface area contributed by atoms with Crippen LogP contribution in [0.1, 0.15) is 47.4 Å². The fourth-order valence-corrected chi connectivity index (χ4v) is 3.78. The molecule has 7 nitrogen and oxygen atoms in total. The van der Waals surface area contributed by atoms with E-state index in [0.717, 1.165) is 10.3 Å². The molecule has 0 radical (unpaired) electrons. The molecule has 2 aromatic rings. The molecule has 0 spiro atoms. The first-order valence-electron chi connectivity index (χ1n) is 10.0. The second-order valence-electron chi connectivity index (χ2n) is 7.40. The first-order valence-corrected chi connectivity index (χ1v) is 10.0. The molecule has 30 heavy (non-hydrogen) atoms. The van der Waals surface area contributed by atoms with Crippen LogP contribution in [0.4, 0.5) is 0 Å². The van der Waals surface area contributed by atoms with Gasteiger partial charge in [-0.25, -0.2) is 0 Å². The lowest BCUT2D eigenvalue weighted by Crippen LogP contribution is -2.42. The predicted octanol–water partition coefficient (Wildman–Crippen LogP) is 3.20. The minimum absolute atomic E-state index is 0.0327. The molecule has 2 unspecified atom stereocenters. The summed E-state index contributed by atoms with van der Waals surface area (Å²) in [5.74, 6) is -2.50. The van der Waals surface area contributed by atoms with E-state index >= 15 is 0 Å². The summed E-state index contributed by atoms with van der Waals surface area (Å²) in [7, 11) is 1.32. The second kappa shape index (κ2) is 9.07. The fraction of sp³-hybridized carbons (Fsp3) is 0.391. The van der Waals surface area contributed by atoms with E-state index in [9.17, 15) is 19.2 Å². The Kier molecular flexibility index (Phi) is 6.50. The van der Waals surface area contributed by atoms with Crippen molar-refractivity contribution >= 4 is 34.5 Å². The maximum absolute atomic E-state index is 12.8. The second-order valence-corrected chi connectivity index (χ2v) is 7.40. The molecule has 2 amide bonds. The number of hydrogen-bond acceptors (Lipinski definition) is 6. The fourth-order valence-electron chi connectivity index (χ4n) is 3.78. The molecule has 2 atom stereocenters. The van der Waals surface area contributed by atoms with Gasteiger partial charge < -0.3 is 9.47 Å². The topological polar surface area (TPSA) is 90.0 Å². The number of hydrogen-bond donors (Lipinski definition) is 0. The van der Waals surface area contributed by atoms with Crippen molar-refractivity contribution in [1.82, 2.24) is 4.90 Å². The van der Waals surface area contributed by atoms with Crippen LogP contribution in [0.3, 0.4) is 0 Å². The summed E-state index contributed by atoms with van der Waals surface area (Å²) in [6, 6.07) is 10.7. The number of methoxy groups -OCH3 is 1. The number of imide groups is 1. The normalized spacial score (nSPS) is 15.1. The third-order valence-electron chi connectivity index (χ3n) is 5.48.